The van der Waals surface area contributed by atoms with E-state index in [0.29, 0.717) is 5.75 Å². The number of H-pyrrole nitrogens is 1. The largest absolute Gasteiger partial charge is 0.506 e. The predicted molar refractivity (Wildman–Crippen MR) is 75.6 cm³/mol. The van der Waals surface area contributed by atoms with Gasteiger partial charge in [-0.25, -0.2) is 0 Å². The van der Waals surface area contributed by atoms with E-state index in [1.807, 2.05) is 24.3 Å². The summed E-state index contributed by atoms with van der Waals surface area (Å²) in [6.45, 7) is 4.61. The standard InChI is InChI=1S/C8H7NO.C7H13N/c10-8-5-9-7-4-2-1-3-6(7)8;1-2-8-6-4-3-5-7-8/h1-5,9-10H;4,6H,2-3,5,7H2,1H3. The molecule has 0 fully saturated rings. The third-order valence-corrected chi connectivity index (χ3v) is 3.11. The zero-order valence-corrected chi connectivity index (χ0v) is 10.8. The lowest BCUT2D eigenvalue weighted by molar-refractivity contribution is 0.373. The number of hydrogen-bond acceptors (Lipinski definition) is 2. The van der Waals surface area contributed by atoms with Crippen LogP contribution < -0.4 is 0 Å². The molecule has 3 heteroatoms. The van der Waals surface area contributed by atoms with E-state index in [1.54, 1.807) is 6.20 Å². The minimum atomic E-state index is 0.315. The summed E-state index contributed by atoms with van der Waals surface area (Å²) in [6, 6.07) is 7.63. The molecule has 0 saturated carbocycles. The molecule has 0 spiro atoms. The predicted octanol–water partition coefficient (Wildman–Crippen LogP) is 3.49. The van der Waals surface area contributed by atoms with Crippen LogP contribution in [0.15, 0.2) is 42.7 Å². The van der Waals surface area contributed by atoms with Gasteiger partial charge in [-0.3, -0.25) is 0 Å². The molecule has 0 bridgehead atoms. The Balaban J connectivity index is 0.000000138. The highest BCUT2D eigenvalue weighted by atomic mass is 16.3. The van der Waals surface area contributed by atoms with Crippen molar-refractivity contribution < 1.29 is 5.11 Å². The van der Waals surface area contributed by atoms with Gasteiger partial charge in [0.2, 0.25) is 0 Å². The van der Waals surface area contributed by atoms with Crippen LogP contribution in [-0.4, -0.2) is 28.1 Å². The Bertz CT molecular complexity index is 516. The Kier molecular flexibility index (Phi) is 4.29. The molecule has 0 unspecified atom stereocenters. The normalized spacial score (nSPS) is 14.4. The second-order valence-corrected chi connectivity index (χ2v) is 4.38. The van der Waals surface area contributed by atoms with Crippen LogP contribution in [0, 0.1) is 0 Å². The topological polar surface area (TPSA) is 39.3 Å². The van der Waals surface area contributed by atoms with Gasteiger partial charge < -0.3 is 15.0 Å². The summed E-state index contributed by atoms with van der Waals surface area (Å²) in [4.78, 5) is 5.27. The maximum absolute atomic E-state index is 9.18. The van der Waals surface area contributed by atoms with Crippen LogP contribution >= 0.6 is 0 Å². The SMILES string of the molecule is CCN1C=CCCC1.Oc1c[nH]c2ccccc12. The highest BCUT2D eigenvalue weighted by Gasteiger charge is 1.98. The Morgan fingerprint density at radius 2 is 2.17 bits per heavy atom. The first kappa shape index (κ1) is 12.6. The summed E-state index contributed by atoms with van der Waals surface area (Å²) in [5.41, 5.74) is 0.972. The van der Waals surface area contributed by atoms with Crippen LogP contribution in [0.25, 0.3) is 10.9 Å². The lowest BCUT2D eigenvalue weighted by Crippen LogP contribution is -2.19. The molecule has 1 aromatic heterocycles. The monoisotopic (exact) mass is 244 g/mol. The highest BCUT2D eigenvalue weighted by Crippen LogP contribution is 2.22. The molecule has 2 N–H and O–H groups in total. The molecule has 1 aliphatic rings. The van der Waals surface area contributed by atoms with Crippen LogP contribution in [-0.2, 0) is 0 Å². The van der Waals surface area contributed by atoms with Gasteiger partial charge >= 0.3 is 0 Å². The Hall–Kier alpha value is -1.90. The minimum absolute atomic E-state index is 0.315. The van der Waals surface area contributed by atoms with Gasteiger partial charge in [-0.15, -0.1) is 0 Å². The molecule has 96 valence electrons. The molecule has 0 radical (unpaired) electrons. The van der Waals surface area contributed by atoms with E-state index in [-0.39, 0.29) is 0 Å². The molecule has 0 aliphatic carbocycles. The molecule has 3 rings (SSSR count). The fourth-order valence-electron chi connectivity index (χ4n) is 2.03. The number of para-hydroxylation sites is 1. The quantitative estimate of drug-likeness (QED) is 0.806. The lowest BCUT2D eigenvalue weighted by atomic mass is 10.2. The number of nitrogens with one attached hydrogen (secondary N) is 1. The van der Waals surface area contributed by atoms with Gasteiger partial charge in [0, 0.05) is 30.2 Å². The first-order chi connectivity index (χ1) is 8.81. The average Bonchev–Trinajstić information content (AvgIpc) is 2.83. The van der Waals surface area contributed by atoms with E-state index in [1.165, 1.54) is 19.4 Å². The number of benzene rings is 1. The summed E-state index contributed by atoms with van der Waals surface area (Å²) in [5.74, 6) is 0.315. The average molecular weight is 244 g/mol. The number of hydrogen-bond donors (Lipinski definition) is 2. The molecule has 2 heterocycles. The molecular formula is C15H20N2O. The van der Waals surface area contributed by atoms with Crippen molar-refractivity contribution in [2.24, 2.45) is 0 Å². The van der Waals surface area contributed by atoms with Crippen molar-refractivity contribution in [2.45, 2.75) is 19.8 Å². The highest BCUT2D eigenvalue weighted by molar-refractivity contribution is 5.85. The third kappa shape index (κ3) is 3.06. The van der Waals surface area contributed by atoms with E-state index in [0.717, 1.165) is 17.4 Å². The number of aromatic amines is 1. The fraction of sp³-hybridized carbons (Fsp3) is 0.333. The van der Waals surface area contributed by atoms with Crippen LogP contribution in [0.4, 0.5) is 0 Å². The summed E-state index contributed by atoms with van der Waals surface area (Å²) in [6.07, 6.45) is 8.64. The number of aromatic hydroxyl groups is 1. The van der Waals surface area contributed by atoms with Crippen LogP contribution in [0.5, 0.6) is 5.75 Å². The Morgan fingerprint density at radius 3 is 2.78 bits per heavy atom. The lowest BCUT2D eigenvalue weighted by Gasteiger charge is -2.20. The minimum Gasteiger partial charge on any atom is -0.506 e. The maximum atomic E-state index is 9.18. The number of rotatable bonds is 1. The molecule has 18 heavy (non-hydrogen) atoms. The van der Waals surface area contributed by atoms with E-state index >= 15 is 0 Å². The summed E-state index contributed by atoms with van der Waals surface area (Å²) in [7, 11) is 0. The molecule has 0 amide bonds. The van der Waals surface area contributed by atoms with Crippen molar-refractivity contribution in [1.82, 2.24) is 9.88 Å². The molecule has 3 nitrogen and oxygen atoms in total. The summed E-state index contributed by atoms with van der Waals surface area (Å²) < 4.78 is 0. The van der Waals surface area contributed by atoms with Gasteiger partial charge in [0.05, 0.1) is 0 Å². The van der Waals surface area contributed by atoms with Crippen molar-refractivity contribution in [1.29, 1.82) is 0 Å². The van der Waals surface area contributed by atoms with Crippen molar-refractivity contribution in [2.75, 3.05) is 13.1 Å². The molecule has 0 atom stereocenters. The van der Waals surface area contributed by atoms with Gasteiger partial charge in [-0.2, -0.15) is 0 Å². The van der Waals surface area contributed by atoms with E-state index in [4.69, 9.17) is 0 Å². The van der Waals surface area contributed by atoms with Gasteiger partial charge in [-0.05, 0) is 38.1 Å². The second-order valence-electron chi connectivity index (χ2n) is 4.38. The van der Waals surface area contributed by atoms with Crippen LogP contribution in [0.1, 0.15) is 19.8 Å². The molecule has 0 saturated heterocycles. The first-order valence-corrected chi connectivity index (χ1v) is 6.47. The maximum Gasteiger partial charge on any atom is 0.140 e. The zero-order chi connectivity index (χ0) is 12.8. The van der Waals surface area contributed by atoms with Crippen LogP contribution in [0.3, 0.4) is 0 Å². The third-order valence-electron chi connectivity index (χ3n) is 3.11. The van der Waals surface area contributed by atoms with Crippen molar-refractivity contribution >= 4 is 10.9 Å². The molecule has 2 aromatic rings. The number of fused-ring (bicyclic) bond motifs is 1. The number of nitrogens with zero attached hydrogens (tertiary/aromatic N) is 1. The molecule has 1 aliphatic heterocycles. The Morgan fingerprint density at radius 1 is 1.33 bits per heavy atom. The van der Waals surface area contributed by atoms with Crippen LogP contribution in [0.2, 0.25) is 0 Å². The number of aromatic nitrogens is 1. The van der Waals surface area contributed by atoms with Crippen molar-refractivity contribution in [3.63, 3.8) is 0 Å². The summed E-state index contributed by atoms with van der Waals surface area (Å²) in [5, 5.41) is 10.1. The van der Waals surface area contributed by atoms with Gasteiger partial charge in [0.15, 0.2) is 0 Å². The Labute approximate surface area is 108 Å². The van der Waals surface area contributed by atoms with E-state index in [9.17, 15) is 5.11 Å². The van der Waals surface area contributed by atoms with Gasteiger partial charge in [-0.1, -0.05) is 18.2 Å². The van der Waals surface area contributed by atoms with E-state index in [2.05, 4.69) is 29.1 Å². The fourth-order valence-corrected chi connectivity index (χ4v) is 2.03. The second kappa shape index (κ2) is 6.15. The molecule has 1 aromatic carbocycles. The van der Waals surface area contributed by atoms with E-state index < -0.39 is 0 Å². The number of allylic oxidation sites excluding steroid dienone is 1. The smallest absolute Gasteiger partial charge is 0.140 e. The zero-order valence-electron chi connectivity index (χ0n) is 10.8. The first-order valence-electron chi connectivity index (χ1n) is 6.47. The van der Waals surface area contributed by atoms with Gasteiger partial charge in [0.25, 0.3) is 0 Å². The molecular weight excluding hydrogens is 224 g/mol. The van der Waals surface area contributed by atoms with Crippen molar-refractivity contribution in [3.8, 4) is 5.75 Å². The van der Waals surface area contributed by atoms with Gasteiger partial charge in [0.1, 0.15) is 5.75 Å². The van der Waals surface area contributed by atoms with Crippen molar-refractivity contribution in [3.05, 3.63) is 42.7 Å². The summed E-state index contributed by atoms with van der Waals surface area (Å²) >= 11 is 0.